The highest BCUT2D eigenvalue weighted by Crippen LogP contribution is 2.21. The zero-order chi connectivity index (χ0) is 22.5. The normalized spacial score (nSPS) is 10.8. The highest BCUT2D eigenvalue weighted by atomic mass is 16.5. The number of aromatic nitrogens is 4. The molecule has 0 atom stereocenters. The first-order valence-electron chi connectivity index (χ1n) is 9.94. The predicted octanol–water partition coefficient (Wildman–Crippen LogP) is 1.98. The molecule has 164 valence electrons. The largest absolute Gasteiger partial charge is 0.471 e. The maximum atomic E-state index is 12.5. The van der Waals surface area contributed by atoms with Crippen molar-refractivity contribution in [2.45, 2.75) is 19.8 Å². The maximum absolute atomic E-state index is 12.5. The molecule has 2 aromatic carbocycles. The first kappa shape index (κ1) is 21.1. The van der Waals surface area contributed by atoms with Gasteiger partial charge >= 0.3 is 0 Å². The van der Waals surface area contributed by atoms with Gasteiger partial charge in [-0.1, -0.05) is 24.3 Å². The summed E-state index contributed by atoms with van der Waals surface area (Å²) in [6.07, 6.45) is 1.51. The first-order chi connectivity index (χ1) is 15.6. The van der Waals surface area contributed by atoms with E-state index in [2.05, 4.69) is 30.6 Å². The summed E-state index contributed by atoms with van der Waals surface area (Å²) in [5.41, 5.74) is 10.6. The molecule has 0 saturated carbocycles. The van der Waals surface area contributed by atoms with Gasteiger partial charge in [0.05, 0.1) is 12.9 Å². The number of amides is 1. The van der Waals surface area contributed by atoms with Crippen LogP contribution in [0.4, 0.5) is 11.6 Å². The van der Waals surface area contributed by atoms with E-state index in [9.17, 15) is 9.90 Å². The quantitative estimate of drug-likeness (QED) is 0.283. The minimum absolute atomic E-state index is 0.0948. The van der Waals surface area contributed by atoms with Crippen molar-refractivity contribution < 1.29 is 14.6 Å². The average Bonchev–Trinajstić information content (AvgIpc) is 3.29. The summed E-state index contributed by atoms with van der Waals surface area (Å²) in [6, 6.07) is 12.8. The molecule has 32 heavy (non-hydrogen) atoms. The van der Waals surface area contributed by atoms with Crippen LogP contribution >= 0.6 is 0 Å². The molecule has 10 heteroatoms. The van der Waals surface area contributed by atoms with E-state index in [1.807, 2.05) is 24.3 Å². The van der Waals surface area contributed by atoms with E-state index in [4.69, 9.17) is 10.5 Å². The zero-order valence-corrected chi connectivity index (χ0v) is 17.4. The number of H-pyrrole nitrogens is 1. The van der Waals surface area contributed by atoms with Crippen molar-refractivity contribution in [1.82, 2.24) is 25.3 Å². The third-order valence-electron chi connectivity index (χ3n) is 4.93. The van der Waals surface area contributed by atoms with Crippen molar-refractivity contribution in [1.29, 1.82) is 0 Å². The smallest absolute Gasteiger partial charge is 0.251 e. The molecule has 6 N–H and O–H groups in total. The van der Waals surface area contributed by atoms with Gasteiger partial charge in [0.15, 0.2) is 5.65 Å². The fourth-order valence-electron chi connectivity index (χ4n) is 3.23. The van der Waals surface area contributed by atoms with Gasteiger partial charge in [-0.2, -0.15) is 9.97 Å². The third kappa shape index (κ3) is 4.60. The van der Waals surface area contributed by atoms with Gasteiger partial charge in [-0.3, -0.25) is 4.79 Å². The molecule has 10 nitrogen and oxygen atoms in total. The van der Waals surface area contributed by atoms with E-state index < -0.39 is 0 Å². The molecule has 4 aromatic rings. The molecule has 0 spiro atoms. The molecule has 0 saturated heterocycles. The molecular formula is C22H23N7O3. The second kappa shape index (κ2) is 9.31. The van der Waals surface area contributed by atoms with Crippen molar-refractivity contribution in [3.05, 3.63) is 71.0 Å². The number of nitrogen functional groups attached to an aromatic ring is 1. The van der Waals surface area contributed by atoms with E-state index >= 15 is 0 Å². The summed E-state index contributed by atoms with van der Waals surface area (Å²) < 4.78 is 5.78. The highest BCUT2D eigenvalue weighted by Gasteiger charge is 2.11. The number of aliphatic hydroxyl groups is 1. The number of ether oxygens (including phenoxy) is 1. The topological polar surface area (TPSA) is 151 Å². The summed E-state index contributed by atoms with van der Waals surface area (Å²) in [7, 11) is 1.77. The molecule has 2 heterocycles. The molecule has 0 aliphatic rings. The van der Waals surface area contributed by atoms with Crippen LogP contribution < -0.4 is 21.1 Å². The number of hydrogen-bond acceptors (Lipinski definition) is 8. The van der Waals surface area contributed by atoms with E-state index in [1.54, 1.807) is 25.2 Å². The molecule has 0 bridgehead atoms. The Morgan fingerprint density at radius 2 is 1.94 bits per heavy atom. The van der Waals surface area contributed by atoms with Gasteiger partial charge in [0.1, 0.15) is 12.1 Å². The number of fused-ring (bicyclic) bond motifs is 1. The zero-order valence-electron chi connectivity index (χ0n) is 17.4. The van der Waals surface area contributed by atoms with Gasteiger partial charge < -0.3 is 31.2 Å². The summed E-state index contributed by atoms with van der Waals surface area (Å²) in [6.45, 7) is 0.521. The van der Waals surface area contributed by atoms with Gasteiger partial charge in [0.2, 0.25) is 11.8 Å². The van der Waals surface area contributed by atoms with Crippen molar-refractivity contribution in [2.24, 2.45) is 0 Å². The number of nitrogens with zero attached hydrogens (tertiary/aromatic N) is 3. The second-order valence-electron chi connectivity index (χ2n) is 7.06. The molecule has 0 aliphatic heterocycles. The maximum Gasteiger partial charge on any atom is 0.251 e. The van der Waals surface area contributed by atoms with E-state index in [0.717, 1.165) is 16.8 Å². The number of nitrogens with one attached hydrogen (secondary N) is 3. The third-order valence-corrected chi connectivity index (χ3v) is 4.93. The number of aliphatic hydroxyl groups excluding tert-OH is 1. The lowest BCUT2D eigenvalue weighted by atomic mass is 10.1. The Balaban J connectivity index is 1.35. The molecule has 1 amide bonds. The molecule has 0 unspecified atom stereocenters. The van der Waals surface area contributed by atoms with Gasteiger partial charge in [0.25, 0.3) is 5.91 Å². The Morgan fingerprint density at radius 1 is 1.16 bits per heavy atom. The fourth-order valence-corrected chi connectivity index (χ4v) is 3.23. The minimum atomic E-state index is -0.209. The monoisotopic (exact) mass is 433 g/mol. The summed E-state index contributed by atoms with van der Waals surface area (Å²) in [4.78, 5) is 27.6. The number of carbonyl (C=O) groups is 1. The number of anilines is 2. The van der Waals surface area contributed by atoms with Gasteiger partial charge in [-0.15, -0.1) is 0 Å². The Kier molecular flexibility index (Phi) is 6.13. The van der Waals surface area contributed by atoms with Crippen molar-refractivity contribution in [3.63, 3.8) is 0 Å². The van der Waals surface area contributed by atoms with Crippen LogP contribution in [0.25, 0.3) is 11.2 Å². The first-order valence-corrected chi connectivity index (χ1v) is 9.94. The number of benzene rings is 2. The van der Waals surface area contributed by atoms with Crippen LogP contribution in [0.15, 0.2) is 48.8 Å². The van der Waals surface area contributed by atoms with Gasteiger partial charge in [0, 0.05) is 30.4 Å². The minimum Gasteiger partial charge on any atom is -0.471 e. The number of rotatable bonds is 8. The molecule has 0 fully saturated rings. The second-order valence-corrected chi connectivity index (χ2v) is 7.06. The molecule has 2 aromatic heterocycles. The summed E-state index contributed by atoms with van der Waals surface area (Å²) in [5.74, 6) is 0.227. The highest BCUT2D eigenvalue weighted by molar-refractivity contribution is 5.94. The number of carbonyl (C=O) groups excluding carboxylic acids is 1. The lowest BCUT2D eigenvalue weighted by molar-refractivity contribution is 0.0950. The molecule has 0 aliphatic carbocycles. The SMILES string of the molecule is CNc1ccc(C(=O)NCc2ccc(COc3nc(N)nc4nc[nH]c34)cc2)cc1CO. The van der Waals surface area contributed by atoms with Crippen LogP contribution in [0, 0.1) is 0 Å². The average molecular weight is 433 g/mol. The van der Waals surface area contributed by atoms with Crippen LogP contribution in [0.3, 0.4) is 0 Å². The Hall–Kier alpha value is -4.18. The number of hydrogen-bond donors (Lipinski definition) is 5. The standard InChI is InChI=1S/C22H23N7O3/c1-24-17-7-6-15(8-16(17)10-30)20(31)25-9-13-2-4-14(5-3-13)11-32-21-18-19(27-12-26-18)28-22(23)29-21/h2-8,12,24,30H,9-11H2,1H3,(H,25,31)(H3,23,26,27,28,29). The van der Waals surface area contributed by atoms with Gasteiger partial charge in [-0.05, 0) is 29.3 Å². The number of imidazole rings is 1. The molecule has 0 radical (unpaired) electrons. The lowest BCUT2D eigenvalue weighted by Gasteiger charge is -2.11. The number of nitrogens with two attached hydrogens (primary N) is 1. The molecular weight excluding hydrogens is 410 g/mol. The van der Waals surface area contributed by atoms with Crippen LogP contribution in [0.5, 0.6) is 5.88 Å². The lowest BCUT2D eigenvalue weighted by Crippen LogP contribution is -2.23. The van der Waals surface area contributed by atoms with Crippen LogP contribution in [-0.4, -0.2) is 38.0 Å². The van der Waals surface area contributed by atoms with Crippen LogP contribution in [-0.2, 0) is 19.8 Å². The van der Waals surface area contributed by atoms with Crippen molar-refractivity contribution in [3.8, 4) is 5.88 Å². The summed E-state index contributed by atoms with van der Waals surface area (Å²) in [5, 5.41) is 15.3. The predicted molar refractivity (Wildman–Crippen MR) is 120 cm³/mol. The summed E-state index contributed by atoms with van der Waals surface area (Å²) >= 11 is 0. The van der Waals surface area contributed by atoms with Crippen LogP contribution in [0.1, 0.15) is 27.0 Å². The number of aromatic amines is 1. The van der Waals surface area contributed by atoms with E-state index in [0.29, 0.717) is 41.3 Å². The van der Waals surface area contributed by atoms with Gasteiger partial charge in [-0.25, -0.2) is 4.98 Å². The van der Waals surface area contributed by atoms with E-state index in [1.165, 1.54) is 6.33 Å². The Labute approximate surface area is 183 Å². The van der Waals surface area contributed by atoms with Crippen molar-refractivity contribution in [2.75, 3.05) is 18.1 Å². The Morgan fingerprint density at radius 3 is 2.69 bits per heavy atom. The van der Waals surface area contributed by atoms with E-state index in [-0.39, 0.29) is 18.5 Å². The molecule has 4 rings (SSSR count). The van der Waals surface area contributed by atoms with Crippen molar-refractivity contribution >= 4 is 28.7 Å². The fraction of sp³-hybridized carbons (Fsp3) is 0.182. The van der Waals surface area contributed by atoms with Crippen LogP contribution in [0.2, 0.25) is 0 Å². The Bertz CT molecular complexity index is 1240.